The smallest absolute Gasteiger partial charge is 0.418 e. The molecule has 2 aliphatic rings. The van der Waals surface area contributed by atoms with Crippen LogP contribution < -0.4 is 10.1 Å². The number of nitrogens with one attached hydrogen (secondary N) is 1. The summed E-state index contributed by atoms with van der Waals surface area (Å²) in [5, 5.41) is 24.6. The van der Waals surface area contributed by atoms with Crippen LogP contribution in [0.1, 0.15) is 68.9 Å². The monoisotopic (exact) mass is 540 g/mol. The third-order valence-corrected chi connectivity index (χ3v) is 7.36. The van der Waals surface area contributed by atoms with Crippen molar-refractivity contribution < 1.29 is 36.9 Å². The van der Waals surface area contributed by atoms with Gasteiger partial charge in [0.05, 0.1) is 34.2 Å². The third-order valence-electron chi connectivity index (χ3n) is 7.36. The lowest BCUT2D eigenvalue weighted by Gasteiger charge is -2.42. The first-order valence-corrected chi connectivity index (χ1v) is 12.4. The molecule has 0 bridgehead atoms. The van der Waals surface area contributed by atoms with Gasteiger partial charge in [-0.3, -0.25) is 0 Å². The van der Waals surface area contributed by atoms with Crippen molar-refractivity contribution in [1.82, 2.24) is 19.9 Å². The number of nitrogens with zero attached hydrogens (tertiary/aromatic N) is 3. The van der Waals surface area contributed by atoms with Gasteiger partial charge in [0.25, 0.3) is 6.43 Å². The quantitative estimate of drug-likeness (QED) is 0.386. The van der Waals surface area contributed by atoms with E-state index in [4.69, 9.17) is 4.74 Å². The van der Waals surface area contributed by atoms with Gasteiger partial charge in [0.2, 0.25) is 0 Å². The summed E-state index contributed by atoms with van der Waals surface area (Å²) in [5.41, 5.74) is -3.56. The zero-order valence-corrected chi connectivity index (χ0v) is 20.8. The first kappa shape index (κ1) is 26.8. The molecule has 3 heterocycles. The molecular weight excluding hydrogens is 511 g/mol. The number of benzene rings is 1. The summed E-state index contributed by atoms with van der Waals surface area (Å²) < 4.78 is 75.7. The van der Waals surface area contributed by atoms with Gasteiger partial charge in [-0.15, -0.1) is 0 Å². The SMILES string of the molecule is CC1CC(O)(c2cccc(C(F)F)n2)CC(COc2cc(C(F)(F)F)c3c(c2)ncn3C2CC(C)(O)C2)N1. The summed E-state index contributed by atoms with van der Waals surface area (Å²) in [6.07, 6.45) is -5.14. The second kappa shape index (κ2) is 9.42. The summed E-state index contributed by atoms with van der Waals surface area (Å²) in [6, 6.07) is 5.45. The molecule has 38 heavy (non-hydrogen) atoms. The number of halogens is 5. The van der Waals surface area contributed by atoms with Gasteiger partial charge in [-0.05, 0) is 51.3 Å². The van der Waals surface area contributed by atoms with Crippen molar-refractivity contribution in [1.29, 1.82) is 0 Å². The van der Waals surface area contributed by atoms with Crippen LogP contribution in [-0.4, -0.2) is 49.0 Å². The number of rotatable bonds is 6. The molecule has 2 fully saturated rings. The highest BCUT2D eigenvalue weighted by atomic mass is 19.4. The number of piperidine rings is 1. The van der Waals surface area contributed by atoms with Crippen molar-refractivity contribution in [3.8, 4) is 5.75 Å². The van der Waals surface area contributed by atoms with E-state index in [9.17, 15) is 32.2 Å². The number of hydrogen-bond donors (Lipinski definition) is 3. The fourth-order valence-corrected chi connectivity index (χ4v) is 5.74. The summed E-state index contributed by atoms with van der Waals surface area (Å²) in [6.45, 7) is 3.38. The average Bonchev–Trinajstić information content (AvgIpc) is 3.23. The molecular formula is C26H29F5N4O3. The Labute approximate surface area is 215 Å². The van der Waals surface area contributed by atoms with Crippen LogP contribution in [0.4, 0.5) is 22.0 Å². The molecule has 1 aliphatic heterocycles. The van der Waals surface area contributed by atoms with E-state index in [0.29, 0.717) is 12.8 Å². The maximum absolute atomic E-state index is 14.1. The van der Waals surface area contributed by atoms with Crippen LogP contribution >= 0.6 is 0 Å². The first-order valence-electron chi connectivity index (χ1n) is 12.4. The van der Waals surface area contributed by atoms with Crippen molar-refractivity contribution in [2.45, 2.75) is 81.5 Å². The van der Waals surface area contributed by atoms with Gasteiger partial charge in [0.15, 0.2) is 0 Å². The molecule has 1 saturated heterocycles. The molecule has 1 saturated carbocycles. The van der Waals surface area contributed by atoms with Gasteiger partial charge in [-0.1, -0.05) is 6.07 Å². The Kier molecular flexibility index (Phi) is 6.64. The Hall–Kier alpha value is -2.83. The minimum atomic E-state index is -4.67. The maximum Gasteiger partial charge on any atom is 0.418 e. The van der Waals surface area contributed by atoms with E-state index in [1.807, 2.05) is 6.92 Å². The minimum absolute atomic E-state index is 0.0305. The number of imidazole rings is 1. The van der Waals surface area contributed by atoms with Crippen LogP contribution in [-0.2, 0) is 11.8 Å². The number of pyridine rings is 1. The van der Waals surface area contributed by atoms with Crippen molar-refractivity contribution >= 4 is 11.0 Å². The molecule has 206 valence electrons. The van der Waals surface area contributed by atoms with E-state index >= 15 is 0 Å². The first-order chi connectivity index (χ1) is 17.7. The van der Waals surface area contributed by atoms with Gasteiger partial charge >= 0.3 is 6.18 Å². The molecule has 12 heteroatoms. The lowest BCUT2D eigenvalue weighted by atomic mass is 9.77. The predicted molar refractivity (Wildman–Crippen MR) is 128 cm³/mol. The molecule has 2 aromatic heterocycles. The number of fused-ring (bicyclic) bond motifs is 1. The molecule has 0 amide bonds. The van der Waals surface area contributed by atoms with Crippen molar-refractivity contribution in [2.24, 2.45) is 0 Å². The van der Waals surface area contributed by atoms with Crippen molar-refractivity contribution in [3.63, 3.8) is 0 Å². The summed E-state index contributed by atoms with van der Waals surface area (Å²) in [7, 11) is 0. The van der Waals surface area contributed by atoms with E-state index in [1.54, 1.807) is 6.92 Å². The van der Waals surface area contributed by atoms with Gasteiger partial charge < -0.3 is 24.8 Å². The van der Waals surface area contributed by atoms with E-state index in [0.717, 1.165) is 6.07 Å². The second-order valence-electron chi connectivity index (χ2n) is 10.8. The molecule has 3 atom stereocenters. The van der Waals surface area contributed by atoms with Crippen LogP contribution in [0.2, 0.25) is 0 Å². The number of aromatic nitrogens is 3. The fraction of sp³-hybridized carbons (Fsp3) is 0.538. The molecule has 1 aromatic carbocycles. The third kappa shape index (κ3) is 5.21. The number of hydrogen-bond acceptors (Lipinski definition) is 6. The average molecular weight is 541 g/mol. The predicted octanol–water partition coefficient (Wildman–Crippen LogP) is 4.88. The van der Waals surface area contributed by atoms with Crippen LogP contribution in [0.5, 0.6) is 5.75 Å². The lowest BCUT2D eigenvalue weighted by Crippen LogP contribution is -2.53. The fourth-order valence-electron chi connectivity index (χ4n) is 5.74. The largest absolute Gasteiger partial charge is 0.492 e. The van der Waals surface area contributed by atoms with Crippen molar-refractivity contribution in [3.05, 3.63) is 53.6 Å². The zero-order chi connectivity index (χ0) is 27.5. The summed E-state index contributed by atoms with van der Waals surface area (Å²) in [4.78, 5) is 8.12. The normalized spacial score (nSPS) is 30.0. The second-order valence-corrected chi connectivity index (χ2v) is 10.8. The zero-order valence-electron chi connectivity index (χ0n) is 20.8. The highest BCUT2D eigenvalue weighted by molar-refractivity contribution is 5.82. The van der Waals surface area contributed by atoms with Gasteiger partial charge in [-0.2, -0.15) is 13.2 Å². The molecule has 3 N–H and O–H groups in total. The lowest BCUT2D eigenvalue weighted by molar-refractivity contribution is -0.136. The van der Waals surface area contributed by atoms with E-state index in [-0.39, 0.29) is 54.0 Å². The summed E-state index contributed by atoms with van der Waals surface area (Å²) in [5.74, 6) is -0.0305. The highest BCUT2D eigenvalue weighted by Gasteiger charge is 2.43. The summed E-state index contributed by atoms with van der Waals surface area (Å²) >= 11 is 0. The van der Waals surface area contributed by atoms with Crippen LogP contribution in [0.3, 0.4) is 0 Å². The van der Waals surface area contributed by atoms with Crippen LogP contribution in [0.15, 0.2) is 36.7 Å². The van der Waals surface area contributed by atoms with E-state index < -0.39 is 41.1 Å². The molecule has 3 unspecified atom stereocenters. The Bertz CT molecular complexity index is 1320. The Morgan fingerprint density at radius 2 is 1.89 bits per heavy atom. The Morgan fingerprint density at radius 1 is 1.16 bits per heavy atom. The molecule has 0 radical (unpaired) electrons. The van der Waals surface area contributed by atoms with E-state index in [1.165, 1.54) is 35.2 Å². The maximum atomic E-state index is 14.1. The Balaban J connectivity index is 1.37. The number of alkyl halides is 5. The Morgan fingerprint density at radius 3 is 2.55 bits per heavy atom. The van der Waals surface area contributed by atoms with E-state index in [2.05, 4.69) is 15.3 Å². The van der Waals surface area contributed by atoms with Crippen molar-refractivity contribution in [2.75, 3.05) is 6.61 Å². The molecule has 3 aromatic rings. The van der Waals surface area contributed by atoms with Crippen LogP contribution in [0.25, 0.3) is 11.0 Å². The topological polar surface area (TPSA) is 92.4 Å². The number of aliphatic hydroxyl groups is 2. The minimum Gasteiger partial charge on any atom is -0.492 e. The molecule has 5 rings (SSSR count). The van der Waals surface area contributed by atoms with Gasteiger partial charge in [-0.25, -0.2) is 18.7 Å². The van der Waals surface area contributed by atoms with Gasteiger partial charge in [0.1, 0.15) is 23.7 Å². The highest BCUT2D eigenvalue weighted by Crippen LogP contribution is 2.45. The molecule has 1 aliphatic carbocycles. The van der Waals surface area contributed by atoms with Crippen LogP contribution in [0, 0.1) is 0 Å². The molecule has 7 nitrogen and oxygen atoms in total. The standard InChI is InChI=1S/C26H29F5N4O3/c1-14-8-25(37,21-5-3-4-19(34-21)23(27)28)9-15(33-14)12-38-17-6-18(26(29,30)31)22-20(7-17)32-13-35(22)16-10-24(2,36)11-16/h3-7,13-16,23,33,36-37H,8-12H2,1-2H3. The molecule has 0 spiro atoms. The number of ether oxygens (including phenoxy) is 1. The van der Waals surface area contributed by atoms with Gasteiger partial charge in [0, 0.05) is 30.6 Å².